The predicted molar refractivity (Wildman–Crippen MR) is 100 cm³/mol. The number of hydrogen-bond acceptors (Lipinski definition) is 6. The first-order valence-corrected chi connectivity index (χ1v) is 8.85. The molecule has 1 aromatic heterocycles. The fourth-order valence-electron chi connectivity index (χ4n) is 3.06. The molecule has 0 unspecified atom stereocenters. The van der Waals surface area contributed by atoms with Crippen LogP contribution in [0.1, 0.15) is 44.7 Å². The van der Waals surface area contributed by atoms with E-state index in [1.54, 1.807) is 0 Å². The van der Waals surface area contributed by atoms with Crippen LogP contribution in [0.15, 0.2) is 18.2 Å². The Morgan fingerprint density at radius 3 is 2.65 bits per heavy atom. The lowest BCUT2D eigenvalue weighted by atomic mass is 10.0. The fourth-order valence-corrected chi connectivity index (χ4v) is 3.06. The molecule has 0 spiro atoms. The van der Waals surface area contributed by atoms with Gasteiger partial charge in [0, 0.05) is 11.7 Å². The summed E-state index contributed by atoms with van der Waals surface area (Å²) in [6, 6.07) is 6.34. The molecule has 0 bridgehead atoms. The van der Waals surface area contributed by atoms with Gasteiger partial charge < -0.3 is 21.1 Å². The van der Waals surface area contributed by atoms with E-state index in [0.717, 1.165) is 31.4 Å². The van der Waals surface area contributed by atoms with E-state index < -0.39 is 5.60 Å². The zero-order chi connectivity index (χ0) is 18.7. The zero-order valence-corrected chi connectivity index (χ0v) is 15.4. The summed E-state index contributed by atoms with van der Waals surface area (Å²) in [6.45, 7) is 5.60. The molecule has 0 aliphatic heterocycles. The van der Waals surface area contributed by atoms with E-state index in [1.165, 1.54) is 11.1 Å². The van der Waals surface area contributed by atoms with Gasteiger partial charge in [-0.05, 0) is 69.7 Å². The second-order valence-electron chi connectivity index (χ2n) is 7.57. The smallest absolute Gasteiger partial charge is 0.407 e. The maximum Gasteiger partial charge on any atom is 0.407 e. The first kappa shape index (κ1) is 18.0. The van der Waals surface area contributed by atoms with E-state index in [-0.39, 0.29) is 18.1 Å². The molecule has 8 heteroatoms. The summed E-state index contributed by atoms with van der Waals surface area (Å²) in [5, 5.41) is 12.7. The maximum absolute atomic E-state index is 12.0. The van der Waals surface area contributed by atoms with Crippen molar-refractivity contribution >= 4 is 23.7 Å². The number of nitrogens with one attached hydrogen (secondary N) is 3. The number of alkyl carbamates (subject to hydrolysis) is 1. The van der Waals surface area contributed by atoms with Crippen LogP contribution in [0.25, 0.3) is 0 Å². The average molecular weight is 358 g/mol. The van der Waals surface area contributed by atoms with Crippen molar-refractivity contribution in [2.75, 3.05) is 11.1 Å². The van der Waals surface area contributed by atoms with Crippen LogP contribution in [0.4, 0.5) is 22.4 Å². The van der Waals surface area contributed by atoms with Gasteiger partial charge in [-0.3, -0.25) is 0 Å². The van der Waals surface area contributed by atoms with Gasteiger partial charge >= 0.3 is 6.09 Å². The second-order valence-corrected chi connectivity index (χ2v) is 7.57. The quantitative estimate of drug-likeness (QED) is 0.627. The molecular weight excluding hydrogens is 332 g/mol. The molecule has 140 valence electrons. The van der Waals surface area contributed by atoms with Crippen molar-refractivity contribution in [3.05, 3.63) is 29.3 Å². The number of anilines is 3. The minimum atomic E-state index is -0.484. The minimum Gasteiger partial charge on any atom is -0.444 e. The summed E-state index contributed by atoms with van der Waals surface area (Å²) in [4.78, 5) is 16.0. The topological polar surface area (TPSA) is 118 Å². The number of amides is 1. The maximum atomic E-state index is 12.0. The summed E-state index contributed by atoms with van der Waals surface area (Å²) in [5.74, 6) is 0.721. The van der Waals surface area contributed by atoms with E-state index in [4.69, 9.17) is 10.5 Å². The van der Waals surface area contributed by atoms with E-state index in [2.05, 4.69) is 37.9 Å². The van der Waals surface area contributed by atoms with Gasteiger partial charge in [0.15, 0.2) is 0 Å². The summed E-state index contributed by atoms with van der Waals surface area (Å²) < 4.78 is 5.36. The van der Waals surface area contributed by atoms with Crippen LogP contribution in [0.2, 0.25) is 0 Å². The number of H-pyrrole nitrogens is 1. The summed E-state index contributed by atoms with van der Waals surface area (Å²) in [7, 11) is 0. The highest BCUT2D eigenvalue weighted by atomic mass is 16.6. The standard InChI is InChI=1S/C18H26N6O2/c1-18(2,3)26-17(25)21-13-7-4-11-5-9-14(10-12(11)6-8-13)20-16-22-15(19)23-24-16/h5,9-10,13H,4,6-8H2,1-3H3,(H,21,25)(H4,19,20,22,23,24)/t13-/m0/s1. The van der Waals surface area contributed by atoms with Crippen LogP contribution in [-0.2, 0) is 17.6 Å². The molecule has 1 aromatic carbocycles. The third kappa shape index (κ3) is 4.87. The molecule has 26 heavy (non-hydrogen) atoms. The largest absolute Gasteiger partial charge is 0.444 e. The number of nitrogens with two attached hydrogens (primary N) is 1. The van der Waals surface area contributed by atoms with Crippen LogP contribution < -0.4 is 16.4 Å². The van der Waals surface area contributed by atoms with E-state index in [0.29, 0.717) is 5.95 Å². The van der Waals surface area contributed by atoms with Gasteiger partial charge in [-0.25, -0.2) is 9.89 Å². The van der Waals surface area contributed by atoms with Crippen molar-refractivity contribution in [3.63, 3.8) is 0 Å². The highest BCUT2D eigenvalue weighted by molar-refractivity contribution is 5.68. The number of ether oxygens (including phenoxy) is 1. The van der Waals surface area contributed by atoms with Gasteiger partial charge in [0.25, 0.3) is 0 Å². The number of carbonyl (C=O) groups is 1. The predicted octanol–water partition coefficient (Wildman–Crippen LogP) is 2.90. The lowest BCUT2D eigenvalue weighted by Crippen LogP contribution is -2.39. The Hall–Kier alpha value is -2.77. The molecule has 0 saturated heterocycles. The lowest BCUT2D eigenvalue weighted by molar-refractivity contribution is 0.0500. The molecule has 1 heterocycles. The fraction of sp³-hybridized carbons (Fsp3) is 0.500. The number of nitrogen functional groups attached to an aromatic ring is 1. The molecule has 0 fully saturated rings. The van der Waals surface area contributed by atoms with Crippen LogP contribution in [0, 0.1) is 0 Å². The van der Waals surface area contributed by atoms with Gasteiger partial charge in [0.1, 0.15) is 5.60 Å². The molecule has 0 radical (unpaired) electrons. The van der Waals surface area contributed by atoms with Crippen LogP contribution in [0.5, 0.6) is 0 Å². The number of aryl methyl sites for hydroxylation is 2. The van der Waals surface area contributed by atoms with E-state index in [1.807, 2.05) is 26.8 Å². The van der Waals surface area contributed by atoms with Gasteiger partial charge in [-0.15, -0.1) is 5.10 Å². The third-order valence-corrected chi connectivity index (χ3v) is 4.21. The molecule has 3 rings (SSSR count). The molecule has 0 saturated carbocycles. The lowest BCUT2D eigenvalue weighted by Gasteiger charge is -2.22. The van der Waals surface area contributed by atoms with Crippen molar-refractivity contribution in [2.45, 2.75) is 58.1 Å². The Kier molecular flexibility index (Phi) is 5.01. The molecular formula is C18H26N6O2. The van der Waals surface area contributed by atoms with Crippen molar-refractivity contribution < 1.29 is 9.53 Å². The molecule has 1 atom stereocenters. The van der Waals surface area contributed by atoms with Gasteiger partial charge in [0.2, 0.25) is 11.9 Å². The SMILES string of the molecule is CC(C)(C)OC(=O)N[C@H]1CCc2ccc(Nc3n[nH]c(N)n3)cc2CC1. The number of nitrogens with zero attached hydrogens (tertiary/aromatic N) is 2. The summed E-state index contributed by atoms with van der Waals surface area (Å²) in [6.07, 6.45) is 3.24. The number of carbonyl (C=O) groups excluding carboxylic acids is 1. The first-order valence-electron chi connectivity index (χ1n) is 8.85. The number of fused-ring (bicyclic) bond motifs is 1. The number of hydrogen-bond donors (Lipinski definition) is 4. The summed E-state index contributed by atoms with van der Waals surface area (Å²) in [5.41, 5.74) is 8.55. The molecule has 2 aromatic rings. The van der Waals surface area contributed by atoms with Crippen molar-refractivity contribution in [1.82, 2.24) is 20.5 Å². The second kappa shape index (κ2) is 7.23. The van der Waals surface area contributed by atoms with Crippen LogP contribution in [-0.4, -0.2) is 32.9 Å². The molecule has 1 amide bonds. The Labute approximate surface area is 152 Å². The Morgan fingerprint density at radius 2 is 2.00 bits per heavy atom. The highest BCUT2D eigenvalue weighted by Crippen LogP contribution is 2.25. The molecule has 1 aliphatic rings. The molecule has 5 N–H and O–H groups in total. The van der Waals surface area contributed by atoms with Crippen LogP contribution >= 0.6 is 0 Å². The highest BCUT2D eigenvalue weighted by Gasteiger charge is 2.22. The zero-order valence-electron chi connectivity index (χ0n) is 15.4. The third-order valence-electron chi connectivity index (χ3n) is 4.21. The average Bonchev–Trinajstić information content (AvgIpc) is 2.83. The molecule has 1 aliphatic carbocycles. The van der Waals surface area contributed by atoms with Crippen molar-refractivity contribution in [2.24, 2.45) is 0 Å². The van der Waals surface area contributed by atoms with Gasteiger partial charge in [-0.1, -0.05) is 6.07 Å². The monoisotopic (exact) mass is 358 g/mol. The number of aromatic amines is 1. The Bertz CT molecular complexity index is 780. The van der Waals surface area contributed by atoms with Crippen LogP contribution in [0.3, 0.4) is 0 Å². The Balaban J connectivity index is 1.61. The van der Waals surface area contributed by atoms with Crippen molar-refractivity contribution in [3.8, 4) is 0 Å². The van der Waals surface area contributed by atoms with Gasteiger partial charge in [0.05, 0.1) is 0 Å². The number of benzene rings is 1. The van der Waals surface area contributed by atoms with Crippen molar-refractivity contribution in [1.29, 1.82) is 0 Å². The van der Waals surface area contributed by atoms with E-state index >= 15 is 0 Å². The Morgan fingerprint density at radius 1 is 1.27 bits per heavy atom. The minimum absolute atomic E-state index is 0.112. The van der Waals surface area contributed by atoms with E-state index in [9.17, 15) is 4.79 Å². The van der Waals surface area contributed by atoms with Gasteiger partial charge in [-0.2, -0.15) is 4.98 Å². The molecule has 8 nitrogen and oxygen atoms in total. The summed E-state index contributed by atoms with van der Waals surface area (Å²) >= 11 is 0. The number of rotatable bonds is 3. The first-order chi connectivity index (χ1) is 12.3. The number of aromatic nitrogens is 3. The normalized spacial score (nSPS) is 17.1.